The van der Waals surface area contributed by atoms with Gasteiger partial charge in [-0.05, 0) is 12.1 Å². The third kappa shape index (κ3) is 3.94. The molecule has 6 nitrogen and oxygen atoms in total. The minimum absolute atomic E-state index is 0.455. The number of benzene rings is 2. The molecular formula is C18H22Cl2N2O4. The van der Waals surface area contributed by atoms with Crippen molar-refractivity contribution in [2.24, 2.45) is 11.5 Å². The molecule has 0 saturated carbocycles. The van der Waals surface area contributed by atoms with Gasteiger partial charge < -0.3 is 30.4 Å². The van der Waals surface area contributed by atoms with E-state index in [0.717, 1.165) is 0 Å². The number of rotatable bonds is 7. The van der Waals surface area contributed by atoms with Crippen LogP contribution >= 0.6 is 23.2 Å². The molecule has 2 atom stereocenters. The van der Waals surface area contributed by atoms with Crippen molar-refractivity contribution in [2.45, 2.75) is 12.1 Å². The summed E-state index contributed by atoms with van der Waals surface area (Å²) in [5, 5.41) is 0.909. The minimum atomic E-state index is -0.672. The predicted octanol–water partition coefficient (Wildman–Crippen LogP) is 3.73. The van der Waals surface area contributed by atoms with Gasteiger partial charge in [0.1, 0.15) is 0 Å². The number of methoxy groups -OCH3 is 4. The van der Waals surface area contributed by atoms with Crippen molar-refractivity contribution in [1.29, 1.82) is 0 Å². The van der Waals surface area contributed by atoms with Gasteiger partial charge in [-0.3, -0.25) is 0 Å². The Morgan fingerprint density at radius 3 is 1.27 bits per heavy atom. The molecular weight excluding hydrogens is 379 g/mol. The van der Waals surface area contributed by atoms with Crippen molar-refractivity contribution < 1.29 is 18.9 Å². The van der Waals surface area contributed by atoms with E-state index in [4.69, 9.17) is 53.6 Å². The molecule has 26 heavy (non-hydrogen) atoms. The molecule has 0 saturated heterocycles. The van der Waals surface area contributed by atoms with E-state index in [-0.39, 0.29) is 0 Å². The van der Waals surface area contributed by atoms with Gasteiger partial charge in [-0.2, -0.15) is 0 Å². The van der Waals surface area contributed by atoms with E-state index in [9.17, 15) is 0 Å². The molecule has 0 fully saturated rings. The highest BCUT2D eigenvalue weighted by molar-refractivity contribution is 6.31. The first-order chi connectivity index (χ1) is 12.4. The average molecular weight is 401 g/mol. The van der Waals surface area contributed by atoms with Crippen LogP contribution in [-0.4, -0.2) is 28.4 Å². The van der Waals surface area contributed by atoms with Crippen LogP contribution in [0.3, 0.4) is 0 Å². The van der Waals surface area contributed by atoms with Crippen LogP contribution in [0, 0.1) is 0 Å². The Hall–Kier alpha value is -1.86. The zero-order valence-electron chi connectivity index (χ0n) is 15.0. The highest BCUT2D eigenvalue weighted by Gasteiger charge is 2.27. The molecule has 8 heteroatoms. The summed E-state index contributed by atoms with van der Waals surface area (Å²) in [4.78, 5) is 0. The molecule has 0 bridgehead atoms. The molecule has 0 aliphatic heterocycles. The highest BCUT2D eigenvalue weighted by Crippen LogP contribution is 2.44. The van der Waals surface area contributed by atoms with Gasteiger partial charge in [-0.15, -0.1) is 0 Å². The Morgan fingerprint density at radius 1 is 0.654 bits per heavy atom. The molecule has 2 unspecified atom stereocenters. The molecule has 142 valence electrons. The van der Waals surface area contributed by atoms with Crippen molar-refractivity contribution in [1.82, 2.24) is 0 Å². The van der Waals surface area contributed by atoms with E-state index in [1.54, 1.807) is 24.3 Å². The Kier molecular flexibility index (Phi) is 6.83. The van der Waals surface area contributed by atoms with Gasteiger partial charge in [0.05, 0.1) is 40.5 Å². The Labute approximate surface area is 162 Å². The lowest BCUT2D eigenvalue weighted by molar-refractivity contribution is 0.341. The second-order valence-corrected chi connectivity index (χ2v) is 6.39. The van der Waals surface area contributed by atoms with Gasteiger partial charge in [-0.1, -0.05) is 23.2 Å². The zero-order chi connectivity index (χ0) is 19.4. The summed E-state index contributed by atoms with van der Waals surface area (Å²) in [5.41, 5.74) is 14.1. The average Bonchev–Trinajstić information content (AvgIpc) is 2.64. The van der Waals surface area contributed by atoms with Crippen molar-refractivity contribution in [2.75, 3.05) is 28.4 Å². The molecule has 4 N–H and O–H groups in total. The first-order valence-electron chi connectivity index (χ1n) is 7.71. The highest BCUT2D eigenvalue weighted by atomic mass is 35.5. The Bertz CT molecular complexity index is 721. The molecule has 0 aliphatic carbocycles. The molecule has 0 spiro atoms. The van der Waals surface area contributed by atoms with Crippen LogP contribution in [0.15, 0.2) is 24.3 Å². The number of nitrogens with two attached hydrogens (primary N) is 2. The monoisotopic (exact) mass is 400 g/mol. The molecule has 0 heterocycles. The maximum absolute atomic E-state index is 6.45. The van der Waals surface area contributed by atoms with E-state index < -0.39 is 12.1 Å². The molecule has 2 aromatic rings. The zero-order valence-corrected chi connectivity index (χ0v) is 16.5. The number of hydrogen-bond acceptors (Lipinski definition) is 6. The van der Waals surface area contributed by atoms with Gasteiger partial charge in [0.15, 0.2) is 23.0 Å². The van der Waals surface area contributed by atoms with Gasteiger partial charge in [0, 0.05) is 33.3 Å². The van der Waals surface area contributed by atoms with Crippen LogP contribution in [0.4, 0.5) is 0 Å². The fourth-order valence-corrected chi connectivity index (χ4v) is 3.23. The fourth-order valence-electron chi connectivity index (χ4n) is 2.80. The summed E-state index contributed by atoms with van der Waals surface area (Å²) in [6, 6.07) is 5.34. The number of halogens is 2. The van der Waals surface area contributed by atoms with E-state index in [0.29, 0.717) is 44.2 Å². The summed E-state index contributed by atoms with van der Waals surface area (Å²) in [7, 11) is 6.09. The normalized spacial score (nSPS) is 13.1. The number of ether oxygens (including phenoxy) is 4. The Balaban J connectivity index is 2.57. The molecule has 0 amide bonds. The predicted molar refractivity (Wildman–Crippen MR) is 103 cm³/mol. The van der Waals surface area contributed by atoms with E-state index in [2.05, 4.69) is 0 Å². The largest absolute Gasteiger partial charge is 0.493 e. The van der Waals surface area contributed by atoms with Gasteiger partial charge in [0.2, 0.25) is 0 Å². The minimum Gasteiger partial charge on any atom is -0.493 e. The van der Waals surface area contributed by atoms with Crippen LogP contribution in [0.25, 0.3) is 0 Å². The lowest BCUT2D eigenvalue weighted by Gasteiger charge is -2.26. The van der Waals surface area contributed by atoms with Crippen LogP contribution in [0.2, 0.25) is 10.0 Å². The summed E-state index contributed by atoms with van der Waals surface area (Å²) < 4.78 is 21.6. The molecule has 2 rings (SSSR count). The summed E-state index contributed by atoms with van der Waals surface area (Å²) >= 11 is 12.4. The lowest BCUT2D eigenvalue weighted by Crippen LogP contribution is -2.27. The molecule has 2 aromatic carbocycles. The Morgan fingerprint density at radius 2 is 1.00 bits per heavy atom. The van der Waals surface area contributed by atoms with Gasteiger partial charge in [-0.25, -0.2) is 0 Å². The van der Waals surface area contributed by atoms with Crippen molar-refractivity contribution >= 4 is 23.2 Å². The third-order valence-electron chi connectivity index (χ3n) is 4.05. The smallest absolute Gasteiger partial charge is 0.165 e. The topological polar surface area (TPSA) is 89.0 Å². The van der Waals surface area contributed by atoms with E-state index >= 15 is 0 Å². The molecule has 0 radical (unpaired) electrons. The second-order valence-electron chi connectivity index (χ2n) is 5.51. The second kappa shape index (κ2) is 8.68. The van der Waals surface area contributed by atoms with Crippen molar-refractivity contribution in [3.63, 3.8) is 0 Å². The van der Waals surface area contributed by atoms with Crippen LogP contribution in [0.1, 0.15) is 23.2 Å². The van der Waals surface area contributed by atoms with Crippen LogP contribution in [-0.2, 0) is 0 Å². The maximum atomic E-state index is 6.45. The van der Waals surface area contributed by atoms with Crippen molar-refractivity contribution in [3.8, 4) is 23.0 Å². The summed E-state index contributed by atoms with van der Waals surface area (Å²) in [6.07, 6.45) is 0. The standard InChI is InChI=1S/C18H22Cl2N2O4/c1-23-13-7-9(19)5-11(17(13)25-3)15(21)16(22)12-6-10(20)8-14(24-2)18(12)26-4/h5-8,15-16H,21-22H2,1-4H3. The maximum Gasteiger partial charge on any atom is 0.165 e. The first-order valence-corrected chi connectivity index (χ1v) is 8.47. The summed E-state index contributed by atoms with van der Waals surface area (Å²) in [6.45, 7) is 0. The van der Waals surface area contributed by atoms with E-state index in [1.807, 2.05) is 0 Å². The molecule has 0 aromatic heterocycles. The third-order valence-corrected chi connectivity index (χ3v) is 4.49. The quantitative estimate of drug-likeness (QED) is 0.735. The van der Waals surface area contributed by atoms with Gasteiger partial charge in [0.25, 0.3) is 0 Å². The number of hydrogen-bond donors (Lipinski definition) is 2. The summed E-state index contributed by atoms with van der Waals surface area (Å²) in [5.74, 6) is 1.86. The van der Waals surface area contributed by atoms with E-state index in [1.165, 1.54) is 28.4 Å². The van der Waals surface area contributed by atoms with Crippen LogP contribution in [0.5, 0.6) is 23.0 Å². The van der Waals surface area contributed by atoms with Crippen molar-refractivity contribution in [3.05, 3.63) is 45.4 Å². The molecule has 0 aliphatic rings. The first kappa shape index (κ1) is 20.5. The van der Waals surface area contributed by atoms with Gasteiger partial charge >= 0.3 is 0 Å². The fraction of sp³-hybridized carbons (Fsp3) is 0.333. The SMILES string of the molecule is COc1cc(Cl)cc(C(N)C(N)c2cc(Cl)cc(OC)c2OC)c1OC. The lowest BCUT2D eigenvalue weighted by atomic mass is 9.93. The van der Waals surface area contributed by atoms with Crippen LogP contribution < -0.4 is 30.4 Å².